The number of benzene rings is 1. The molecule has 1 aromatic rings. The van der Waals surface area contributed by atoms with Gasteiger partial charge in [0.15, 0.2) is 0 Å². The summed E-state index contributed by atoms with van der Waals surface area (Å²) in [7, 11) is 0. The van der Waals surface area contributed by atoms with E-state index in [9.17, 15) is 4.39 Å². The summed E-state index contributed by atoms with van der Waals surface area (Å²) >= 11 is 6.18. The van der Waals surface area contributed by atoms with Gasteiger partial charge < -0.3 is 21.2 Å². The predicted octanol–water partition coefficient (Wildman–Crippen LogP) is 4.50. The van der Waals surface area contributed by atoms with E-state index >= 15 is 0 Å². The van der Waals surface area contributed by atoms with Crippen molar-refractivity contribution in [3.05, 3.63) is 53.3 Å². The number of nitrogens with zero attached hydrogens (tertiary/aromatic N) is 2. The second kappa shape index (κ2) is 9.40. The van der Waals surface area contributed by atoms with E-state index in [1.165, 1.54) is 6.07 Å². The van der Waals surface area contributed by atoms with Crippen LogP contribution in [-0.4, -0.2) is 31.1 Å². The van der Waals surface area contributed by atoms with Crippen LogP contribution in [0.15, 0.2) is 47.1 Å². The van der Waals surface area contributed by atoms with E-state index in [1.807, 2.05) is 6.08 Å². The molecule has 1 heterocycles. The maximum Gasteiger partial charge on any atom is 0.150 e. The Morgan fingerprint density at radius 1 is 1.43 bits per heavy atom. The van der Waals surface area contributed by atoms with Crippen molar-refractivity contribution in [3.8, 4) is 0 Å². The molecule has 7 heteroatoms. The van der Waals surface area contributed by atoms with E-state index in [4.69, 9.17) is 27.9 Å². The first-order valence-electron chi connectivity index (χ1n) is 10.4. The van der Waals surface area contributed by atoms with Crippen LogP contribution in [0.2, 0.25) is 0 Å². The third-order valence-electron chi connectivity index (χ3n) is 6.20. The minimum atomic E-state index is -0.297. The van der Waals surface area contributed by atoms with Crippen LogP contribution in [0.1, 0.15) is 45.1 Å². The first-order valence-corrected chi connectivity index (χ1v) is 10.8. The van der Waals surface area contributed by atoms with Gasteiger partial charge in [0.05, 0.1) is 18.4 Å². The zero-order valence-electron chi connectivity index (χ0n) is 17.8. The maximum atomic E-state index is 14.7. The summed E-state index contributed by atoms with van der Waals surface area (Å²) in [6, 6.07) is 5.23. The highest BCUT2D eigenvalue weighted by atomic mass is 35.5. The number of nitrogens with two attached hydrogens (primary N) is 2. The summed E-state index contributed by atoms with van der Waals surface area (Å²) in [5, 5.41) is 4.25. The number of halogens is 2. The first kappa shape index (κ1) is 22.6. The number of rotatable bonds is 9. The van der Waals surface area contributed by atoms with Crippen LogP contribution in [0, 0.1) is 17.2 Å². The molecule has 1 saturated carbocycles. The highest BCUT2D eigenvalue weighted by Gasteiger charge is 2.46. The van der Waals surface area contributed by atoms with Crippen molar-refractivity contribution in [1.29, 1.82) is 0 Å². The molecule has 3 atom stereocenters. The standard InChI is InChI=1S/C23H32ClFN4O/c1-4-5-17(24)8-9-23(2,3)14-30-21-12-18-10-16(21)13-29(18)20-7-6-15(11-19(20)25)22(26)28-27/h4-7,11,16,18,21H,1,8-10,12-14,27H2,2-3H3,(H2,26,28)/b17-5+/t16-,18-,21+/m0/s1. The van der Waals surface area contributed by atoms with E-state index in [-0.39, 0.29) is 23.2 Å². The third kappa shape index (κ3) is 5.16. The third-order valence-corrected chi connectivity index (χ3v) is 6.51. The lowest BCUT2D eigenvalue weighted by Gasteiger charge is -2.35. The number of hydrogen-bond acceptors (Lipinski definition) is 4. The number of hydrogen-bond donors (Lipinski definition) is 2. The molecule has 2 bridgehead atoms. The van der Waals surface area contributed by atoms with Gasteiger partial charge in [-0.05, 0) is 55.4 Å². The molecule has 1 saturated heterocycles. The van der Waals surface area contributed by atoms with Crippen molar-refractivity contribution < 1.29 is 9.13 Å². The van der Waals surface area contributed by atoms with Crippen LogP contribution in [-0.2, 0) is 4.74 Å². The number of hydrazone groups is 1. The molecule has 164 valence electrons. The van der Waals surface area contributed by atoms with E-state index < -0.39 is 0 Å². The summed E-state index contributed by atoms with van der Waals surface area (Å²) in [4.78, 5) is 2.16. The number of ether oxygens (including phenoxy) is 1. The van der Waals surface area contributed by atoms with Gasteiger partial charge in [0.2, 0.25) is 0 Å². The Morgan fingerprint density at radius 3 is 2.80 bits per heavy atom. The van der Waals surface area contributed by atoms with Gasteiger partial charge in [0.25, 0.3) is 0 Å². The van der Waals surface area contributed by atoms with Crippen molar-refractivity contribution in [1.82, 2.24) is 0 Å². The van der Waals surface area contributed by atoms with E-state index in [0.717, 1.165) is 37.3 Å². The van der Waals surface area contributed by atoms with Crippen LogP contribution in [0.5, 0.6) is 0 Å². The molecular weight excluding hydrogens is 403 g/mol. The van der Waals surface area contributed by atoms with Crippen LogP contribution >= 0.6 is 11.6 Å². The quantitative estimate of drug-likeness (QED) is 0.197. The van der Waals surface area contributed by atoms with Gasteiger partial charge in [0.1, 0.15) is 11.7 Å². The number of anilines is 1. The Morgan fingerprint density at radius 2 is 2.20 bits per heavy atom. The maximum absolute atomic E-state index is 14.7. The zero-order chi connectivity index (χ0) is 21.9. The van der Waals surface area contributed by atoms with Crippen molar-refractivity contribution in [2.75, 3.05) is 18.1 Å². The fourth-order valence-corrected chi connectivity index (χ4v) is 4.64. The first-order chi connectivity index (χ1) is 14.2. The van der Waals surface area contributed by atoms with Gasteiger partial charge in [0, 0.05) is 29.1 Å². The van der Waals surface area contributed by atoms with Gasteiger partial charge in [-0.15, -0.1) is 0 Å². The normalized spacial score (nSPS) is 24.5. The molecule has 30 heavy (non-hydrogen) atoms. The van der Waals surface area contributed by atoms with E-state index in [0.29, 0.717) is 29.8 Å². The lowest BCUT2D eigenvalue weighted by molar-refractivity contribution is -0.0205. The molecule has 0 amide bonds. The summed E-state index contributed by atoms with van der Waals surface area (Å²) in [6.07, 6.45) is 7.51. The molecule has 0 radical (unpaired) electrons. The Labute approximate surface area is 183 Å². The Hall–Kier alpha value is -2.05. The SMILES string of the molecule is C=C/C=C(/Cl)CCC(C)(C)CO[C@@H]1C[C@@H]2C[C@H]1CN2c1ccc(/C(N)=N/N)cc1F. The van der Waals surface area contributed by atoms with Gasteiger partial charge in [-0.2, -0.15) is 5.10 Å². The monoisotopic (exact) mass is 434 g/mol. The van der Waals surface area contributed by atoms with Gasteiger partial charge in [-0.1, -0.05) is 38.1 Å². The summed E-state index contributed by atoms with van der Waals surface area (Å²) in [6.45, 7) is 9.59. The Kier molecular flexibility index (Phi) is 7.09. The zero-order valence-corrected chi connectivity index (χ0v) is 18.5. The second-order valence-electron chi connectivity index (χ2n) is 9.08. The highest BCUT2D eigenvalue weighted by Crippen LogP contribution is 2.43. The highest BCUT2D eigenvalue weighted by molar-refractivity contribution is 6.29. The predicted molar refractivity (Wildman–Crippen MR) is 122 cm³/mol. The van der Waals surface area contributed by atoms with Crippen LogP contribution in [0.4, 0.5) is 10.1 Å². The van der Waals surface area contributed by atoms with Crippen molar-refractivity contribution in [2.24, 2.45) is 28.0 Å². The largest absolute Gasteiger partial charge is 0.382 e. The van der Waals surface area contributed by atoms with Crippen molar-refractivity contribution in [3.63, 3.8) is 0 Å². The van der Waals surface area contributed by atoms with E-state index in [1.54, 1.807) is 18.2 Å². The smallest absolute Gasteiger partial charge is 0.150 e. The van der Waals surface area contributed by atoms with Crippen molar-refractivity contribution in [2.45, 2.75) is 51.7 Å². The van der Waals surface area contributed by atoms with Crippen LogP contribution in [0.3, 0.4) is 0 Å². The Bertz CT molecular complexity index is 838. The molecule has 0 unspecified atom stereocenters. The minimum absolute atomic E-state index is 0.0447. The van der Waals surface area contributed by atoms with E-state index in [2.05, 4.69) is 30.4 Å². The molecule has 4 N–H and O–H groups in total. The van der Waals surface area contributed by atoms with Gasteiger partial charge in [-0.3, -0.25) is 0 Å². The number of piperidine rings is 1. The van der Waals surface area contributed by atoms with Crippen LogP contribution in [0.25, 0.3) is 0 Å². The lowest BCUT2D eigenvalue weighted by Crippen LogP contribution is -2.40. The molecule has 1 aliphatic carbocycles. The molecular formula is C23H32ClFN4O. The van der Waals surface area contributed by atoms with Gasteiger partial charge >= 0.3 is 0 Å². The molecule has 0 aromatic heterocycles. The molecule has 3 rings (SSSR count). The fraction of sp³-hybridized carbons (Fsp3) is 0.522. The lowest BCUT2D eigenvalue weighted by atomic mass is 9.88. The topological polar surface area (TPSA) is 76.9 Å². The minimum Gasteiger partial charge on any atom is -0.382 e. The van der Waals surface area contributed by atoms with Crippen LogP contribution < -0.4 is 16.5 Å². The average molecular weight is 435 g/mol. The molecule has 2 fully saturated rings. The van der Waals surface area contributed by atoms with Gasteiger partial charge in [-0.25, -0.2) is 4.39 Å². The number of amidine groups is 1. The molecule has 2 aliphatic rings. The molecule has 1 aromatic carbocycles. The summed E-state index contributed by atoms with van der Waals surface area (Å²) < 4.78 is 21.0. The molecule has 1 aliphatic heterocycles. The van der Waals surface area contributed by atoms with Crippen molar-refractivity contribution >= 4 is 23.1 Å². The number of allylic oxidation sites excluding steroid dienone is 3. The second-order valence-corrected chi connectivity index (χ2v) is 9.57. The Balaban J connectivity index is 1.54. The molecule has 0 spiro atoms. The molecule has 5 nitrogen and oxygen atoms in total. The fourth-order valence-electron chi connectivity index (χ4n) is 4.45. The average Bonchev–Trinajstić information content (AvgIpc) is 3.31. The number of fused-ring (bicyclic) bond motifs is 2. The summed E-state index contributed by atoms with van der Waals surface area (Å²) in [5.41, 5.74) is 6.83. The summed E-state index contributed by atoms with van der Waals surface area (Å²) in [5.74, 6) is 5.44.